The Bertz CT molecular complexity index is 527. The van der Waals surface area contributed by atoms with Crippen molar-refractivity contribution in [2.24, 2.45) is 11.5 Å². The Labute approximate surface area is 133 Å². The number of nitrogens with zero attached hydrogens (tertiary/aromatic N) is 1. The molecule has 4 nitrogen and oxygen atoms in total. The molecule has 0 radical (unpaired) electrons. The molecule has 5 N–H and O–H groups in total. The predicted octanol–water partition coefficient (Wildman–Crippen LogP) is 3.13. The SMILES string of the molecule is C/C(N)=C(/C=C(\N)c1ccncc1)CCCO.C=CC(=C)C. The summed E-state index contributed by atoms with van der Waals surface area (Å²) in [6, 6.07) is 3.70. The Kier molecular flexibility index (Phi) is 10.1. The maximum Gasteiger partial charge on any atom is 0.0434 e. The van der Waals surface area contributed by atoms with Gasteiger partial charge in [0.15, 0.2) is 0 Å². The zero-order valence-electron chi connectivity index (χ0n) is 13.5. The zero-order valence-corrected chi connectivity index (χ0v) is 13.5. The van der Waals surface area contributed by atoms with Crippen LogP contribution in [0.4, 0.5) is 0 Å². The fourth-order valence-electron chi connectivity index (χ4n) is 1.47. The lowest BCUT2D eigenvalue weighted by Gasteiger charge is -2.07. The highest BCUT2D eigenvalue weighted by Gasteiger charge is 2.01. The van der Waals surface area contributed by atoms with Crippen molar-refractivity contribution in [3.63, 3.8) is 0 Å². The quantitative estimate of drug-likeness (QED) is 0.705. The van der Waals surface area contributed by atoms with Gasteiger partial charge >= 0.3 is 0 Å². The largest absolute Gasteiger partial charge is 0.402 e. The Morgan fingerprint density at radius 3 is 2.23 bits per heavy atom. The van der Waals surface area contributed by atoms with Gasteiger partial charge in [0.2, 0.25) is 0 Å². The number of hydrogen-bond donors (Lipinski definition) is 3. The molecule has 0 aromatic carbocycles. The van der Waals surface area contributed by atoms with Crippen LogP contribution in [0.2, 0.25) is 0 Å². The van der Waals surface area contributed by atoms with Gasteiger partial charge in [-0.05, 0) is 50.5 Å². The summed E-state index contributed by atoms with van der Waals surface area (Å²) in [7, 11) is 0. The van der Waals surface area contributed by atoms with E-state index >= 15 is 0 Å². The van der Waals surface area contributed by atoms with E-state index in [-0.39, 0.29) is 6.61 Å². The molecule has 1 heterocycles. The highest BCUT2D eigenvalue weighted by molar-refractivity contribution is 5.65. The van der Waals surface area contributed by atoms with E-state index in [1.165, 1.54) is 0 Å². The van der Waals surface area contributed by atoms with Crippen LogP contribution in [0.5, 0.6) is 0 Å². The Morgan fingerprint density at radius 1 is 1.27 bits per heavy atom. The first-order valence-electron chi connectivity index (χ1n) is 7.14. The molecule has 1 aromatic rings. The molecule has 22 heavy (non-hydrogen) atoms. The maximum absolute atomic E-state index is 8.82. The monoisotopic (exact) mass is 301 g/mol. The smallest absolute Gasteiger partial charge is 0.0434 e. The van der Waals surface area contributed by atoms with Gasteiger partial charge in [-0.3, -0.25) is 4.98 Å². The van der Waals surface area contributed by atoms with Gasteiger partial charge in [-0.1, -0.05) is 24.8 Å². The van der Waals surface area contributed by atoms with Crippen molar-refractivity contribution in [2.45, 2.75) is 26.7 Å². The van der Waals surface area contributed by atoms with Crippen LogP contribution in [-0.2, 0) is 0 Å². The molecule has 0 unspecified atom stereocenters. The molecular formula is C18H27N3O. The lowest BCUT2D eigenvalue weighted by atomic mass is 10.0. The van der Waals surface area contributed by atoms with Gasteiger partial charge in [-0.25, -0.2) is 0 Å². The molecule has 1 rings (SSSR count). The second-order valence-electron chi connectivity index (χ2n) is 4.92. The predicted molar refractivity (Wildman–Crippen MR) is 94.6 cm³/mol. The Hall–Kier alpha value is -2.33. The van der Waals surface area contributed by atoms with E-state index in [1.54, 1.807) is 18.5 Å². The Balaban J connectivity index is 0.000000763. The molecular weight excluding hydrogens is 274 g/mol. The van der Waals surface area contributed by atoms with Gasteiger partial charge in [-0.2, -0.15) is 0 Å². The van der Waals surface area contributed by atoms with Crippen LogP contribution >= 0.6 is 0 Å². The second-order valence-corrected chi connectivity index (χ2v) is 4.92. The zero-order chi connectivity index (χ0) is 17.0. The first-order valence-corrected chi connectivity index (χ1v) is 7.14. The van der Waals surface area contributed by atoms with Gasteiger partial charge in [-0.15, -0.1) is 0 Å². The lowest BCUT2D eigenvalue weighted by Crippen LogP contribution is -2.02. The van der Waals surface area contributed by atoms with E-state index in [4.69, 9.17) is 16.6 Å². The molecule has 0 aliphatic heterocycles. The molecule has 1 aromatic heterocycles. The third-order valence-corrected chi connectivity index (χ3v) is 2.80. The number of allylic oxidation sites excluding steroid dienone is 5. The van der Waals surface area contributed by atoms with Crippen LogP contribution in [0.1, 0.15) is 32.3 Å². The number of pyridine rings is 1. The minimum absolute atomic E-state index is 0.153. The molecule has 0 amide bonds. The van der Waals surface area contributed by atoms with Gasteiger partial charge in [0.1, 0.15) is 0 Å². The van der Waals surface area contributed by atoms with Crippen molar-refractivity contribution < 1.29 is 5.11 Å². The summed E-state index contributed by atoms with van der Waals surface area (Å²) in [4.78, 5) is 3.94. The van der Waals surface area contributed by atoms with E-state index in [1.807, 2.05) is 32.1 Å². The van der Waals surface area contributed by atoms with Crippen molar-refractivity contribution in [3.05, 3.63) is 72.2 Å². The first-order chi connectivity index (χ1) is 10.4. The van der Waals surface area contributed by atoms with Gasteiger partial charge in [0, 0.05) is 36.0 Å². The molecule has 0 saturated carbocycles. The summed E-state index contributed by atoms with van der Waals surface area (Å²) in [6.07, 6.45) is 8.39. The highest BCUT2D eigenvalue weighted by atomic mass is 16.2. The number of aromatic nitrogens is 1. The number of nitrogens with two attached hydrogens (primary N) is 2. The summed E-state index contributed by atoms with van der Waals surface area (Å²) >= 11 is 0. The molecule has 120 valence electrons. The molecule has 4 heteroatoms. The summed E-state index contributed by atoms with van der Waals surface area (Å²) in [6.45, 7) is 10.9. The summed E-state index contributed by atoms with van der Waals surface area (Å²) in [5, 5.41) is 8.82. The van der Waals surface area contributed by atoms with Crippen molar-refractivity contribution >= 4 is 5.70 Å². The molecule has 0 bridgehead atoms. The number of aliphatic hydroxyl groups excluding tert-OH is 1. The lowest BCUT2D eigenvalue weighted by molar-refractivity contribution is 0.289. The normalized spacial score (nSPS) is 11.9. The molecule has 0 saturated heterocycles. The van der Waals surface area contributed by atoms with Gasteiger partial charge in [0.05, 0.1) is 0 Å². The molecule has 0 atom stereocenters. The minimum Gasteiger partial charge on any atom is -0.402 e. The topological polar surface area (TPSA) is 85.2 Å². The minimum atomic E-state index is 0.153. The molecule has 0 aliphatic rings. The average Bonchev–Trinajstić information content (AvgIpc) is 2.52. The third-order valence-electron chi connectivity index (χ3n) is 2.80. The van der Waals surface area contributed by atoms with E-state index < -0.39 is 0 Å². The third kappa shape index (κ3) is 8.76. The van der Waals surface area contributed by atoms with Gasteiger partial charge < -0.3 is 16.6 Å². The number of aliphatic hydroxyl groups is 1. The van der Waals surface area contributed by atoms with Crippen LogP contribution in [0.15, 0.2) is 66.7 Å². The summed E-state index contributed by atoms with van der Waals surface area (Å²) in [5.74, 6) is 0. The molecule has 0 fully saturated rings. The second kappa shape index (κ2) is 11.3. The van der Waals surface area contributed by atoms with Crippen LogP contribution in [0.25, 0.3) is 5.70 Å². The fourth-order valence-corrected chi connectivity index (χ4v) is 1.47. The standard InChI is InChI=1S/C13H19N3O.C5H8/c1-10(14)12(3-2-8-17)9-13(15)11-4-6-16-7-5-11;1-4-5(2)3/h4-7,9,17H,2-3,8,14-15H2,1H3;4H,1-2H2,3H3/b12-10-,13-9-;. The van der Waals surface area contributed by atoms with Crippen molar-refractivity contribution in [3.8, 4) is 0 Å². The number of rotatable bonds is 6. The summed E-state index contributed by atoms with van der Waals surface area (Å²) in [5.41, 5.74) is 16.1. The van der Waals surface area contributed by atoms with Crippen LogP contribution in [-0.4, -0.2) is 16.7 Å². The van der Waals surface area contributed by atoms with Crippen LogP contribution in [0.3, 0.4) is 0 Å². The van der Waals surface area contributed by atoms with E-state index in [9.17, 15) is 0 Å². The van der Waals surface area contributed by atoms with Crippen LogP contribution in [0, 0.1) is 0 Å². The average molecular weight is 301 g/mol. The molecule has 0 aliphatic carbocycles. The van der Waals surface area contributed by atoms with E-state index in [0.717, 1.165) is 28.8 Å². The van der Waals surface area contributed by atoms with E-state index in [2.05, 4.69) is 18.1 Å². The Morgan fingerprint density at radius 2 is 1.82 bits per heavy atom. The first kappa shape index (κ1) is 19.7. The maximum atomic E-state index is 8.82. The van der Waals surface area contributed by atoms with Gasteiger partial charge in [0.25, 0.3) is 0 Å². The van der Waals surface area contributed by atoms with Crippen molar-refractivity contribution in [1.82, 2.24) is 4.98 Å². The van der Waals surface area contributed by atoms with Crippen molar-refractivity contribution in [2.75, 3.05) is 6.61 Å². The van der Waals surface area contributed by atoms with E-state index in [0.29, 0.717) is 12.1 Å². The highest BCUT2D eigenvalue weighted by Crippen LogP contribution is 2.15. The number of hydrogen-bond acceptors (Lipinski definition) is 4. The fraction of sp³-hybridized carbons (Fsp3) is 0.278. The van der Waals surface area contributed by atoms with Crippen molar-refractivity contribution in [1.29, 1.82) is 0 Å². The summed E-state index contributed by atoms with van der Waals surface area (Å²) < 4.78 is 0. The van der Waals surface area contributed by atoms with Crippen LogP contribution < -0.4 is 11.5 Å². The molecule has 0 spiro atoms.